The number of nitriles is 1. The zero-order valence-corrected chi connectivity index (χ0v) is 12.3. The van der Waals surface area contributed by atoms with Gasteiger partial charge in [0, 0.05) is 6.54 Å². The molecule has 0 spiro atoms. The lowest BCUT2D eigenvalue weighted by Gasteiger charge is -2.30. The standard InChI is InChI=1S/C17H24N2/c1-13(2)17(11-18)15-7-4-6-14(10-15)16-8-5-9-19(3)12-16/h4,6-7,10,13,16-17H,5,8-9,12H2,1-3H3. The van der Waals surface area contributed by atoms with Gasteiger partial charge in [-0.3, -0.25) is 0 Å². The number of nitrogens with zero attached hydrogens (tertiary/aromatic N) is 2. The van der Waals surface area contributed by atoms with E-state index in [1.807, 2.05) is 0 Å². The second-order valence-corrected chi connectivity index (χ2v) is 6.12. The normalized spacial score (nSPS) is 22.2. The minimum Gasteiger partial charge on any atom is -0.306 e. The molecule has 2 heteroatoms. The van der Waals surface area contributed by atoms with Gasteiger partial charge in [-0.05, 0) is 49.4 Å². The third kappa shape index (κ3) is 3.36. The molecule has 102 valence electrons. The van der Waals surface area contributed by atoms with Crippen LogP contribution in [-0.2, 0) is 0 Å². The summed E-state index contributed by atoms with van der Waals surface area (Å²) in [6.45, 7) is 6.59. The Labute approximate surface area is 117 Å². The molecule has 2 unspecified atom stereocenters. The molecule has 19 heavy (non-hydrogen) atoms. The van der Waals surface area contributed by atoms with Crippen molar-refractivity contribution in [3.05, 3.63) is 35.4 Å². The highest BCUT2D eigenvalue weighted by atomic mass is 15.1. The number of likely N-dealkylation sites (tertiary alicyclic amines) is 1. The zero-order chi connectivity index (χ0) is 13.8. The molecule has 0 radical (unpaired) electrons. The Kier molecular flexibility index (Phi) is 4.61. The van der Waals surface area contributed by atoms with E-state index in [-0.39, 0.29) is 5.92 Å². The first-order valence-electron chi connectivity index (χ1n) is 7.30. The molecule has 0 bridgehead atoms. The van der Waals surface area contributed by atoms with Crippen molar-refractivity contribution in [1.29, 1.82) is 5.26 Å². The number of likely N-dealkylation sites (N-methyl/N-ethyl adjacent to an activating group) is 1. The van der Waals surface area contributed by atoms with Crippen LogP contribution in [0.3, 0.4) is 0 Å². The summed E-state index contributed by atoms with van der Waals surface area (Å²) in [6.07, 6.45) is 2.55. The monoisotopic (exact) mass is 256 g/mol. The summed E-state index contributed by atoms with van der Waals surface area (Å²) in [5.74, 6) is 1.01. The van der Waals surface area contributed by atoms with E-state index in [2.05, 4.69) is 56.1 Å². The van der Waals surface area contributed by atoms with E-state index in [9.17, 15) is 5.26 Å². The molecule has 2 atom stereocenters. The van der Waals surface area contributed by atoms with Crippen molar-refractivity contribution < 1.29 is 0 Å². The highest BCUT2D eigenvalue weighted by Crippen LogP contribution is 2.30. The second kappa shape index (κ2) is 6.21. The molecule has 1 aliphatic heterocycles. The van der Waals surface area contributed by atoms with Crippen LogP contribution >= 0.6 is 0 Å². The molecule has 0 N–H and O–H groups in total. The minimum atomic E-state index is 0.0151. The minimum absolute atomic E-state index is 0.0151. The summed E-state index contributed by atoms with van der Waals surface area (Å²) >= 11 is 0. The molecule has 0 saturated carbocycles. The lowest BCUT2D eigenvalue weighted by atomic mass is 9.85. The van der Waals surface area contributed by atoms with Gasteiger partial charge in [0.05, 0.1) is 12.0 Å². The smallest absolute Gasteiger partial charge is 0.0735 e. The fourth-order valence-electron chi connectivity index (χ4n) is 3.05. The van der Waals surface area contributed by atoms with Gasteiger partial charge in [-0.25, -0.2) is 0 Å². The maximum Gasteiger partial charge on any atom is 0.0735 e. The molecule has 1 saturated heterocycles. The van der Waals surface area contributed by atoms with Crippen molar-refractivity contribution in [3.63, 3.8) is 0 Å². The maximum absolute atomic E-state index is 9.33. The van der Waals surface area contributed by atoms with Gasteiger partial charge in [-0.1, -0.05) is 38.1 Å². The molecular formula is C17H24N2. The van der Waals surface area contributed by atoms with Gasteiger partial charge in [0.1, 0.15) is 0 Å². The summed E-state index contributed by atoms with van der Waals surface area (Å²) < 4.78 is 0. The van der Waals surface area contributed by atoms with E-state index in [1.165, 1.54) is 30.5 Å². The first-order valence-corrected chi connectivity index (χ1v) is 7.30. The average Bonchev–Trinajstić information content (AvgIpc) is 2.39. The average molecular weight is 256 g/mol. The van der Waals surface area contributed by atoms with Crippen LogP contribution in [0.4, 0.5) is 0 Å². The molecule has 1 fully saturated rings. The van der Waals surface area contributed by atoms with Gasteiger partial charge in [-0.15, -0.1) is 0 Å². The van der Waals surface area contributed by atoms with Crippen LogP contribution < -0.4 is 0 Å². The van der Waals surface area contributed by atoms with Crippen molar-refractivity contribution in [2.24, 2.45) is 5.92 Å². The van der Waals surface area contributed by atoms with E-state index in [4.69, 9.17) is 0 Å². The third-order valence-electron chi connectivity index (χ3n) is 4.17. The van der Waals surface area contributed by atoms with Crippen molar-refractivity contribution in [3.8, 4) is 6.07 Å². The molecule has 1 aromatic rings. The van der Waals surface area contributed by atoms with Gasteiger partial charge in [0.15, 0.2) is 0 Å². The molecule has 0 amide bonds. The Morgan fingerprint density at radius 3 is 2.79 bits per heavy atom. The van der Waals surface area contributed by atoms with E-state index in [0.717, 1.165) is 6.54 Å². The fraction of sp³-hybridized carbons (Fsp3) is 0.588. The van der Waals surface area contributed by atoms with Crippen molar-refractivity contribution in [2.45, 2.75) is 38.5 Å². The van der Waals surface area contributed by atoms with Crippen LogP contribution in [0.1, 0.15) is 49.7 Å². The predicted octanol–water partition coefficient (Wildman–Crippen LogP) is 3.76. The summed E-state index contributed by atoms with van der Waals surface area (Å²) in [7, 11) is 2.20. The van der Waals surface area contributed by atoms with Gasteiger partial charge < -0.3 is 4.90 Å². The van der Waals surface area contributed by atoms with E-state index >= 15 is 0 Å². The SMILES string of the molecule is CC(C)C(C#N)c1cccc(C2CCCN(C)C2)c1. The van der Waals surface area contributed by atoms with Crippen LogP contribution in [0.15, 0.2) is 24.3 Å². The van der Waals surface area contributed by atoms with Crippen molar-refractivity contribution in [1.82, 2.24) is 4.90 Å². The Bertz CT molecular complexity index is 459. The molecule has 1 heterocycles. The number of hydrogen-bond acceptors (Lipinski definition) is 2. The van der Waals surface area contributed by atoms with E-state index in [0.29, 0.717) is 11.8 Å². The quantitative estimate of drug-likeness (QED) is 0.823. The number of hydrogen-bond donors (Lipinski definition) is 0. The Balaban J connectivity index is 2.21. The summed E-state index contributed by atoms with van der Waals surface area (Å²) in [4.78, 5) is 2.41. The highest BCUT2D eigenvalue weighted by molar-refractivity contribution is 5.32. The first-order chi connectivity index (χ1) is 9.11. The van der Waals surface area contributed by atoms with Crippen LogP contribution in [0, 0.1) is 17.2 Å². The van der Waals surface area contributed by atoms with Gasteiger partial charge in [0.25, 0.3) is 0 Å². The fourth-order valence-corrected chi connectivity index (χ4v) is 3.05. The van der Waals surface area contributed by atoms with Crippen molar-refractivity contribution in [2.75, 3.05) is 20.1 Å². The molecule has 2 rings (SSSR count). The lowest BCUT2D eigenvalue weighted by Crippen LogP contribution is -2.30. The van der Waals surface area contributed by atoms with E-state index in [1.54, 1.807) is 0 Å². The Morgan fingerprint density at radius 2 is 2.16 bits per heavy atom. The number of benzene rings is 1. The van der Waals surface area contributed by atoms with Gasteiger partial charge >= 0.3 is 0 Å². The van der Waals surface area contributed by atoms with Crippen LogP contribution in [0.2, 0.25) is 0 Å². The molecule has 0 aromatic heterocycles. The summed E-state index contributed by atoms with van der Waals surface area (Å²) in [6, 6.07) is 11.2. The van der Waals surface area contributed by atoms with Crippen LogP contribution in [-0.4, -0.2) is 25.0 Å². The Hall–Kier alpha value is -1.33. The lowest BCUT2D eigenvalue weighted by molar-refractivity contribution is 0.250. The molecule has 1 aliphatic rings. The first kappa shape index (κ1) is 14.1. The van der Waals surface area contributed by atoms with Crippen molar-refractivity contribution >= 4 is 0 Å². The van der Waals surface area contributed by atoms with Gasteiger partial charge in [-0.2, -0.15) is 5.26 Å². The van der Waals surface area contributed by atoms with Crippen LogP contribution in [0.25, 0.3) is 0 Å². The Morgan fingerprint density at radius 1 is 1.37 bits per heavy atom. The number of rotatable bonds is 3. The third-order valence-corrected chi connectivity index (χ3v) is 4.17. The second-order valence-electron chi connectivity index (χ2n) is 6.12. The highest BCUT2D eigenvalue weighted by Gasteiger charge is 2.21. The molecule has 2 nitrogen and oxygen atoms in total. The molecule has 1 aromatic carbocycles. The predicted molar refractivity (Wildman–Crippen MR) is 79.1 cm³/mol. The topological polar surface area (TPSA) is 27.0 Å². The largest absolute Gasteiger partial charge is 0.306 e. The molecular weight excluding hydrogens is 232 g/mol. The summed E-state index contributed by atoms with van der Waals surface area (Å²) in [5, 5.41) is 9.33. The van der Waals surface area contributed by atoms with Gasteiger partial charge in [0.2, 0.25) is 0 Å². The van der Waals surface area contributed by atoms with Crippen LogP contribution in [0.5, 0.6) is 0 Å². The van der Waals surface area contributed by atoms with E-state index < -0.39 is 0 Å². The summed E-state index contributed by atoms with van der Waals surface area (Å²) in [5.41, 5.74) is 2.59. The molecule has 0 aliphatic carbocycles. The maximum atomic E-state index is 9.33. The number of piperidine rings is 1. The zero-order valence-electron chi connectivity index (χ0n) is 12.3.